The van der Waals surface area contributed by atoms with Crippen LogP contribution in [0.25, 0.3) is 0 Å². The third-order valence-corrected chi connectivity index (χ3v) is 3.74. The van der Waals surface area contributed by atoms with Crippen LogP contribution >= 0.6 is 0 Å². The van der Waals surface area contributed by atoms with Crippen molar-refractivity contribution in [2.24, 2.45) is 0 Å². The Labute approximate surface area is 125 Å². The standard InChI is InChI=1S/C16H24N2O3/c1-16(2,20)15(19)17-12-7-6-10-18(11-12)13-8-4-5-9-14(13)21-3/h4-5,8-9,12,20H,6-7,10-11H2,1-3H3,(H,17,19). The van der Waals surface area contributed by atoms with E-state index in [0.29, 0.717) is 0 Å². The van der Waals surface area contributed by atoms with Gasteiger partial charge in [0.2, 0.25) is 0 Å². The summed E-state index contributed by atoms with van der Waals surface area (Å²) in [6.45, 7) is 4.67. The number of carbonyl (C=O) groups is 1. The molecule has 0 radical (unpaired) electrons. The number of piperidine rings is 1. The number of hydrogen-bond acceptors (Lipinski definition) is 4. The number of carbonyl (C=O) groups excluding carboxylic acids is 1. The summed E-state index contributed by atoms with van der Waals surface area (Å²) in [6.07, 6.45) is 1.92. The van der Waals surface area contributed by atoms with E-state index in [1.807, 2.05) is 24.3 Å². The van der Waals surface area contributed by atoms with Gasteiger partial charge in [0.05, 0.1) is 12.8 Å². The fraction of sp³-hybridized carbons (Fsp3) is 0.562. The van der Waals surface area contributed by atoms with Crippen molar-refractivity contribution in [3.8, 4) is 5.75 Å². The van der Waals surface area contributed by atoms with Crippen LogP contribution in [0.15, 0.2) is 24.3 Å². The summed E-state index contributed by atoms with van der Waals surface area (Å²) in [4.78, 5) is 14.1. The summed E-state index contributed by atoms with van der Waals surface area (Å²) in [5.41, 5.74) is -0.297. The molecule has 5 nitrogen and oxygen atoms in total. The SMILES string of the molecule is COc1ccccc1N1CCCC(NC(=O)C(C)(C)O)C1. The maximum atomic E-state index is 11.9. The molecule has 1 aromatic rings. The quantitative estimate of drug-likeness (QED) is 0.884. The van der Waals surface area contributed by atoms with Crippen LogP contribution in [0.2, 0.25) is 0 Å². The van der Waals surface area contributed by atoms with Gasteiger partial charge in [-0.15, -0.1) is 0 Å². The van der Waals surface area contributed by atoms with Gasteiger partial charge in [0.15, 0.2) is 0 Å². The Morgan fingerprint density at radius 2 is 2.14 bits per heavy atom. The highest BCUT2D eigenvalue weighted by Crippen LogP contribution is 2.29. The van der Waals surface area contributed by atoms with Gasteiger partial charge in [-0.1, -0.05) is 12.1 Å². The Morgan fingerprint density at radius 3 is 2.81 bits per heavy atom. The molecule has 0 spiro atoms. The highest BCUT2D eigenvalue weighted by atomic mass is 16.5. The molecule has 0 saturated carbocycles. The molecule has 1 fully saturated rings. The van der Waals surface area contributed by atoms with Crippen molar-refractivity contribution in [1.82, 2.24) is 5.32 Å². The molecule has 1 atom stereocenters. The third-order valence-electron chi connectivity index (χ3n) is 3.74. The normalized spacial score (nSPS) is 19.2. The molecule has 1 amide bonds. The molecule has 2 rings (SSSR count). The topological polar surface area (TPSA) is 61.8 Å². The Morgan fingerprint density at radius 1 is 1.43 bits per heavy atom. The predicted octanol–water partition coefficient (Wildman–Crippen LogP) is 1.55. The summed E-state index contributed by atoms with van der Waals surface area (Å²) < 4.78 is 5.40. The van der Waals surface area contributed by atoms with Crippen LogP contribution in [0, 0.1) is 0 Å². The minimum Gasteiger partial charge on any atom is -0.495 e. The largest absolute Gasteiger partial charge is 0.495 e. The molecule has 21 heavy (non-hydrogen) atoms. The first-order valence-corrected chi connectivity index (χ1v) is 7.33. The van der Waals surface area contributed by atoms with Crippen molar-refractivity contribution in [2.45, 2.75) is 38.3 Å². The lowest BCUT2D eigenvalue weighted by atomic mass is 10.0. The van der Waals surface area contributed by atoms with Gasteiger partial charge in [-0.3, -0.25) is 4.79 Å². The number of aliphatic hydroxyl groups is 1. The zero-order valence-electron chi connectivity index (χ0n) is 12.9. The molecule has 0 bridgehead atoms. The minimum absolute atomic E-state index is 0.0441. The van der Waals surface area contributed by atoms with Crippen molar-refractivity contribution in [1.29, 1.82) is 0 Å². The molecule has 0 aromatic heterocycles. The van der Waals surface area contributed by atoms with Crippen molar-refractivity contribution >= 4 is 11.6 Å². The molecule has 2 N–H and O–H groups in total. The van der Waals surface area contributed by atoms with E-state index >= 15 is 0 Å². The second-order valence-corrected chi connectivity index (χ2v) is 5.99. The molecule has 1 aromatic carbocycles. The Balaban J connectivity index is 2.06. The van der Waals surface area contributed by atoms with Crippen molar-refractivity contribution in [3.05, 3.63) is 24.3 Å². The zero-order chi connectivity index (χ0) is 15.5. The number of amides is 1. The van der Waals surface area contributed by atoms with Gasteiger partial charge in [0.1, 0.15) is 11.4 Å². The molecule has 0 aliphatic carbocycles. The van der Waals surface area contributed by atoms with E-state index in [2.05, 4.69) is 10.2 Å². The van der Waals surface area contributed by atoms with Crippen LogP contribution in [0.3, 0.4) is 0 Å². The monoisotopic (exact) mass is 292 g/mol. The van der Waals surface area contributed by atoms with Crippen LogP contribution in [0.4, 0.5) is 5.69 Å². The van der Waals surface area contributed by atoms with Gasteiger partial charge < -0.3 is 20.1 Å². The highest BCUT2D eigenvalue weighted by molar-refractivity contribution is 5.84. The molecular formula is C16H24N2O3. The first-order chi connectivity index (χ1) is 9.91. The maximum absolute atomic E-state index is 11.9. The number of anilines is 1. The summed E-state index contributed by atoms with van der Waals surface area (Å²) in [6, 6.07) is 7.94. The molecule has 1 aliphatic heterocycles. The molecule has 1 saturated heterocycles. The fourth-order valence-corrected chi connectivity index (χ4v) is 2.57. The fourth-order valence-electron chi connectivity index (χ4n) is 2.57. The van der Waals surface area contributed by atoms with Gasteiger partial charge in [-0.05, 0) is 38.8 Å². The van der Waals surface area contributed by atoms with E-state index < -0.39 is 5.60 Å². The number of methoxy groups -OCH3 is 1. The average Bonchev–Trinajstić information content (AvgIpc) is 2.46. The maximum Gasteiger partial charge on any atom is 0.251 e. The molecule has 5 heteroatoms. The van der Waals surface area contributed by atoms with Crippen molar-refractivity contribution in [2.75, 3.05) is 25.1 Å². The van der Waals surface area contributed by atoms with Gasteiger partial charge in [-0.2, -0.15) is 0 Å². The number of hydrogen-bond donors (Lipinski definition) is 2. The van der Waals surface area contributed by atoms with Crippen LogP contribution in [0.1, 0.15) is 26.7 Å². The van der Waals surface area contributed by atoms with E-state index in [4.69, 9.17) is 4.74 Å². The smallest absolute Gasteiger partial charge is 0.251 e. The van der Waals surface area contributed by atoms with Gasteiger partial charge >= 0.3 is 0 Å². The zero-order valence-corrected chi connectivity index (χ0v) is 12.9. The minimum atomic E-state index is -1.34. The van der Waals surface area contributed by atoms with E-state index in [1.165, 1.54) is 13.8 Å². The van der Waals surface area contributed by atoms with Crippen molar-refractivity contribution in [3.63, 3.8) is 0 Å². The first kappa shape index (κ1) is 15.6. The lowest BCUT2D eigenvalue weighted by Gasteiger charge is -2.36. The van der Waals surface area contributed by atoms with E-state index in [1.54, 1.807) is 7.11 Å². The average molecular weight is 292 g/mol. The number of benzene rings is 1. The number of rotatable bonds is 4. The van der Waals surface area contributed by atoms with E-state index in [9.17, 15) is 9.90 Å². The summed E-state index contributed by atoms with van der Waals surface area (Å²) >= 11 is 0. The van der Waals surface area contributed by atoms with Crippen LogP contribution in [-0.4, -0.2) is 42.9 Å². The Bertz CT molecular complexity index is 497. The van der Waals surface area contributed by atoms with Gasteiger partial charge in [-0.25, -0.2) is 0 Å². The van der Waals surface area contributed by atoms with Gasteiger partial charge in [0, 0.05) is 19.1 Å². The molecule has 1 aliphatic rings. The highest BCUT2D eigenvalue weighted by Gasteiger charge is 2.29. The van der Waals surface area contributed by atoms with E-state index in [-0.39, 0.29) is 11.9 Å². The molecular weight excluding hydrogens is 268 g/mol. The molecule has 116 valence electrons. The second-order valence-electron chi connectivity index (χ2n) is 5.99. The number of nitrogens with one attached hydrogen (secondary N) is 1. The van der Waals surface area contributed by atoms with Gasteiger partial charge in [0.25, 0.3) is 5.91 Å². The molecule has 1 unspecified atom stereocenters. The third kappa shape index (κ3) is 3.88. The Kier molecular flexibility index (Phi) is 4.73. The second kappa shape index (κ2) is 6.35. The number of ether oxygens (including phenoxy) is 1. The lowest BCUT2D eigenvalue weighted by molar-refractivity contribution is -0.137. The lowest BCUT2D eigenvalue weighted by Crippen LogP contribution is -2.52. The number of nitrogens with zero attached hydrogens (tertiary/aromatic N) is 1. The number of para-hydroxylation sites is 2. The summed E-state index contributed by atoms with van der Waals surface area (Å²) in [7, 11) is 1.66. The Hall–Kier alpha value is -1.75. The molecule has 1 heterocycles. The summed E-state index contributed by atoms with van der Waals surface area (Å²) in [5, 5.41) is 12.7. The van der Waals surface area contributed by atoms with Crippen LogP contribution < -0.4 is 15.0 Å². The van der Waals surface area contributed by atoms with Crippen LogP contribution in [-0.2, 0) is 4.79 Å². The van der Waals surface area contributed by atoms with Crippen molar-refractivity contribution < 1.29 is 14.6 Å². The first-order valence-electron chi connectivity index (χ1n) is 7.33. The van der Waals surface area contributed by atoms with Crippen LogP contribution in [0.5, 0.6) is 5.75 Å². The predicted molar refractivity (Wildman–Crippen MR) is 82.7 cm³/mol. The summed E-state index contributed by atoms with van der Waals surface area (Å²) in [5.74, 6) is 0.515. The van der Waals surface area contributed by atoms with E-state index in [0.717, 1.165) is 37.4 Å².